The molecular formula is C12H19NO. The molecule has 0 spiro atoms. The Morgan fingerprint density at radius 2 is 2.07 bits per heavy atom. The highest BCUT2D eigenvalue weighted by molar-refractivity contribution is 5.33. The van der Waals surface area contributed by atoms with Gasteiger partial charge < -0.3 is 10.8 Å². The fraction of sp³-hybridized carbons (Fsp3) is 0.500. The van der Waals surface area contributed by atoms with Crippen molar-refractivity contribution in [1.82, 2.24) is 0 Å². The third kappa shape index (κ3) is 2.56. The third-order valence-corrected chi connectivity index (χ3v) is 2.63. The summed E-state index contributed by atoms with van der Waals surface area (Å²) in [6.07, 6.45) is 0.750. The molecule has 0 saturated carbocycles. The van der Waals surface area contributed by atoms with Crippen LogP contribution in [0.2, 0.25) is 0 Å². The van der Waals surface area contributed by atoms with Gasteiger partial charge in [-0.25, -0.2) is 0 Å². The summed E-state index contributed by atoms with van der Waals surface area (Å²) in [5.41, 5.74) is 9.50. The first-order valence-corrected chi connectivity index (χ1v) is 5.07. The molecular weight excluding hydrogens is 174 g/mol. The molecule has 0 amide bonds. The molecule has 2 nitrogen and oxygen atoms in total. The maximum absolute atomic E-state index is 8.92. The first-order valence-electron chi connectivity index (χ1n) is 5.07. The predicted octanol–water partition coefficient (Wildman–Crippen LogP) is 1.73. The van der Waals surface area contributed by atoms with Gasteiger partial charge in [-0.1, -0.05) is 23.8 Å². The Morgan fingerprint density at radius 1 is 1.36 bits per heavy atom. The zero-order valence-electron chi connectivity index (χ0n) is 8.96. The molecule has 0 heterocycles. The van der Waals surface area contributed by atoms with Gasteiger partial charge in [0.2, 0.25) is 0 Å². The lowest BCUT2D eigenvalue weighted by Crippen LogP contribution is -2.15. The summed E-state index contributed by atoms with van der Waals surface area (Å²) in [4.78, 5) is 0. The summed E-state index contributed by atoms with van der Waals surface area (Å²) >= 11 is 0. The summed E-state index contributed by atoms with van der Waals surface area (Å²) < 4.78 is 0. The normalized spacial score (nSPS) is 12.9. The van der Waals surface area contributed by atoms with Gasteiger partial charge in [0.05, 0.1) is 0 Å². The van der Waals surface area contributed by atoms with E-state index in [4.69, 9.17) is 10.8 Å². The van der Waals surface area contributed by atoms with Gasteiger partial charge in [0, 0.05) is 6.61 Å². The van der Waals surface area contributed by atoms with Gasteiger partial charge in [0.15, 0.2) is 0 Å². The number of rotatable bonds is 4. The summed E-state index contributed by atoms with van der Waals surface area (Å²) in [6, 6.07) is 6.38. The molecule has 1 unspecified atom stereocenters. The minimum absolute atomic E-state index is 0.204. The molecule has 14 heavy (non-hydrogen) atoms. The van der Waals surface area contributed by atoms with E-state index in [0.717, 1.165) is 6.42 Å². The first kappa shape index (κ1) is 11.2. The predicted molar refractivity (Wildman–Crippen MR) is 59.4 cm³/mol. The van der Waals surface area contributed by atoms with E-state index in [1.165, 1.54) is 16.7 Å². The van der Waals surface area contributed by atoms with Gasteiger partial charge in [-0.15, -0.1) is 0 Å². The van der Waals surface area contributed by atoms with Crippen LogP contribution in [0.3, 0.4) is 0 Å². The van der Waals surface area contributed by atoms with Gasteiger partial charge in [0.1, 0.15) is 0 Å². The largest absolute Gasteiger partial charge is 0.396 e. The fourth-order valence-electron chi connectivity index (χ4n) is 1.84. The molecule has 1 aromatic rings. The van der Waals surface area contributed by atoms with Gasteiger partial charge in [-0.3, -0.25) is 0 Å². The Kier molecular flexibility index (Phi) is 4.11. The van der Waals surface area contributed by atoms with Crippen molar-refractivity contribution >= 4 is 0 Å². The van der Waals surface area contributed by atoms with Crippen molar-refractivity contribution in [3.8, 4) is 0 Å². The van der Waals surface area contributed by atoms with Crippen LogP contribution < -0.4 is 5.73 Å². The molecule has 2 heteroatoms. The molecule has 0 aromatic heterocycles. The molecule has 0 saturated heterocycles. The quantitative estimate of drug-likeness (QED) is 0.765. The number of hydrogen-bond donors (Lipinski definition) is 2. The summed E-state index contributed by atoms with van der Waals surface area (Å²) in [6.45, 7) is 4.99. The topological polar surface area (TPSA) is 46.2 Å². The average molecular weight is 193 g/mol. The standard InChI is InChI=1S/C12H19NO/c1-9-3-4-12(10(2)7-9)11(8-13)5-6-14/h3-4,7,11,14H,5-6,8,13H2,1-2H3. The van der Waals surface area contributed by atoms with Gasteiger partial charge in [-0.2, -0.15) is 0 Å². The van der Waals surface area contributed by atoms with E-state index in [1.54, 1.807) is 0 Å². The third-order valence-electron chi connectivity index (χ3n) is 2.63. The van der Waals surface area contributed by atoms with E-state index in [1.807, 2.05) is 0 Å². The SMILES string of the molecule is Cc1ccc(C(CN)CCO)c(C)c1. The number of aliphatic hydroxyl groups excluding tert-OH is 1. The van der Waals surface area contributed by atoms with Crippen LogP contribution in [0.25, 0.3) is 0 Å². The Balaban J connectivity index is 2.92. The van der Waals surface area contributed by atoms with Crippen molar-refractivity contribution in [2.24, 2.45) is 5.73 Å². The molecule has 1 atom stereocenters. The zero-order valence-corrected chi connectivity index (χ0v) is 8.96. The Labute approximate surface area is 85.8 Å². The summed E-state index contributed by atoms with van der Waals surface area (Å²) in [7, 11) is 0. The van der Waals surface area contributed by atoms with Crippen LogP contribution in [0.5, 0.6) is 0 Å². The second-order valence-corrected chi connectivity index (χ2v) is 3.80. The lowest BCUT2D eigenvalue weighted by Gasteiger charge is -2.16. The second kappa shape index (κ2) is 5.13. The Hall–Kier alpha value is -0.860. The molecule has 3 N–H and O–H groups in total. The molecule has 0 radical (unpaired) electrons. The van der Waals surface area contributed by atoms with Crippen LogP contribution >= 0.6 is 0 Å². The highest BCUT2D eigenvalue weighted by atomic mass is 16.3. The van der Waals surface area contributed by atoms with Gasteiger partial charge >= 0.3 is 0 Å². The highest BCUT2D eigenvalue weighted by Gasteiger charge is 2.11. The van der Waals surface area contributed by atoms with E-state index in [-0.39, 0.29) is 6.61 Å². The highest BCUT2D eigenvalue weighted by Crippen LogP contribution is 2.22. The van der Waals surface area contributed by atoms with E-state index in [2.05, 4.69) is 32.0 Å². The fourth-order valence-corrected chi connectivity index (χ4v) is 1.84. The maximum atomic E-state index is 8.92. The molecule has 78 valence electrons. The van der Waals surface area contributed by atoms with Crippen LogP contribution in [0.15, 0.2) is 18.2 Å². The lowest BCUT2D eigenvalue weighted by molar-refractivity contribution is 0.276. The monoisotopic (exact) mass is 193 g/mol. The molecule has 0 bridgehead atoms. The van der Waals surface area contributed by atoms with Crippen molar-refractivity contribution in [3.63, 3.8) is 0 Å². The van der Waals surface area contributed by atoms with E-state index < -0.39 is 0 Å². The van der Waals surface area contributed by atoms with Gasteiger partial charge in [0.25, 0.3) is 0 Å². The lowest BCUT2D eigenvalue weighted by atomic mass is 9.91. The van der Waals surface area contributed by atoms with Crippen molar-refractivity contribution in [2.45, 2.75) is 26.2 Å². The number of aliphatic hydroxyl groups is 1. The van der Waals surface area contributed by atoms with Crippen LogP contribution in [0, 0.1) is 13.8 Å². The van der Waals surface area contributed by atoms with Crippen LogP contribution in [-0.2, 0) is 0 Å². The molecule has 0 aliphatic heterocycles. The van der Waals surface area contributed by atoms with Crippen molar-refractivity contribution in [3.05, 3.63) is 34.9 Å². The first-order chi connectivity index (χ1) is 6.69. The number of nitrogens with two attached hydrogens (primary N) is 1. The summed E-state index contributed by atoms with van der Waals surface area (Å²) in [5, 5.41) is 8.92. The maximum Gasteiger partial charge on any atom is 0.0437 e. The van der Waals surface area contributed by atoms with E-state index in [0.29, 0.717) is 12.5 Å². The molecule has 1 aromatic carbocycles. The zero-order chi connectivity index (χ0) is 10.6. The van der Waals surface area contributed by atoms with Crippen molar-refractivity contribution < 1.29 is 5.11 Å². The van der Waals surface area contributed by atoms with Crippen LogP contribution in [0.4, 0.5) is 0 Å². The Morgan fingerprint density at radius 3 is 2.57 bits per heavy atom. The van der Waals surface area contributed by atoms with Crippen LogP contribution in [-0.4, -0.2) is 18.3 Å². The van der Waals surface area contributed by atoms with E-state index >= 15 is 0 Å². The molecule has 0 fully saturated rings. The average Bonchev–Trinajstić information content (AvgIpc) is 2.15. The molecule has 1 rings (SSSR count). The van der Waals surface area contributed by atoms with Crippen LogP contribution in [0.1, 0.15) is 29.0 Å². The van der Waals surface area contributed by atoms with Crippen molar-refractivity contribution in [2.75, 3.05) is 13.2 Å². The van der Waals surface area contributed by atoms with E-state index in [9.17, 15) is 0 Å². The number of benzene rings is 1. The van der Waals surface area contributed by atoms with Gasteiger partial charge in [-0.05, 0) is 43.9 Å². The molecule has 0 aliphatic carbocycles. The second-order valence-electron chi connectivity index (χ2n) is 3.80. The number of hydrogen-bond acceptors (Lipinski definition) is 2. The minimum atomic E-state index is 0.204. The smallest absolute Gasteiger partial charge is 0.0437 e. The minimum Gasteiger partial charge on any atom is -0.396 e. The molecule has 0 aliphatic rings. The number of aryl methyl sites for hydroxylation is 2. The van der Waals surface area contributed by atoms with Crippen molar-refractivity contribution in [1.29, 1.82) is 0 Å². The summed E-state index contributed by atoms with van der Waals surface area (Å²) in [5.74, 6) is 0.292. The Bertz CT molecular complexity index is 296.